The number of ether oxygens (including phenoxy) is 1. The van der Waals surface area contributed by atoms with Crippen LogP contribution in [0.2, 0.25) is 0 Å². The smallest absolute Gasteiger partial charge is 0.407 e. The quantitative estimate of drug-likeness (QED) is 0.198. The summed E-state index contributed by atoms with van der Waals surface area (Å²) in [7, 11) is 1.61. The SMILES string of the molecule is COc1ccc(Cn2nc(NC3CCN(C(=O)O)C3)c3c(-c4ccc(CNC(=O)c5noc(C(C)(C)C)n5)c(F)c4)ccnc32)cc1. The van der Waals surface area contributed by atoms with Crippen molar-refractivity contribution >= 4 is 28.9 Å². The lowest BCUT2D eigenvalue weighted by Gasteiger charge is -2.14. The number of carbonyl (C=O) groups is 2. The lowest BCUT2D eigenvalue weighted by Crippen LogP contribution is -2.30. The number of likely N-dealkylation sites (tertiary alicyclic amines) is 1. The van der Waals surface area contributed by atoms with Crippen molar-refractivity contribution in [3.05, 3.63) is 83.4 Å². The summed E-state index contributed by atoms with van der Waals surface area (Å²) < 4.78 is 27.8. The lowest BCUT2D eigenvalue weighted by atomic mass is 9.97. The van der Waals surface area contributed by atoms with E-state index in [-0.39, 0.29) is 24.0 Å². The second kappa shape index (κ2) is 12.7. The first-order valence-corrected chi connectivity index (χ1v) is 15.1. The summed E-state index contributed by atoms with van der Waals surface area (Å²) >= 11 is 0. The van der Waals surface area contributed by atoms with Crippen molar-refractivity contribution in [1.29, 1.82) is 0 Å². The van der Waals surface area contributed by atoms with Gasteiger partial charge in [0.15, 0.2) is 11.5 Å². The summed E-state index contributed by atoms with van der Waals surface area (Å²) in [4.78, 5) is 34.3. The summed E-state index contributed by atoms with van der Waals surface area (Å²) in [5, 5.41) is 24.8. The van der Waals surface area contributed by atoms with Gasteiger partial charge in [0.2, 0.25) is 5.89 Å². The highest BCUT2D eigenvalue weighted by atomic mass is 19.1. The van der Waals surface area contributed by atoms with Crippen LogP contribution in [-0.4, -0.2) is 73.2 Å². The van der Waals surface area contributed by atoms with Crippen molar-refractivity contribution < 1.29 is 28.3 Å². The van der Waals surface area contributed by atoms with E-state index in [0.717, 1.165) is 11.3 Å². The minimum Gasteiger partial charge on any atom is -0.497 e. The van der Waals surface area contributed by atoms with Crippen LogP contribution in [0.25, 0.3) is 22.2 Å². The maximum absolute atomic E-state index is 15.5. The zero-order valence-electron chi connectivity index (χ0n) is 26.5. The molecule has 3 aromatic heterocycles. The first-order chi connectivity index (χ1) is 22.5. The predicted octanol–water partition coefficient (Wildman–Crippen LogP) is 5.07. The lowest BCUT2D eigenvalue weighted by molar-refractivity contribution is 0.0937. The molecule has 3 N–H and O–H groups in total. The van der Waals surface area contributed by atoms with Gasteiger partial charge in [0, 0.05) is 42.9 Å². The van der Waals surface area contributed by atoms with E-state index in [9.17, 15) is 14.7 Å². The molecule has 47 heavy (non-hydrogen) atoms. The van der Waals surface area contributed by atoms with Crippen LogP contribution in [0.5, 0.6) is 5.75 Å². The molecule has 0 spiro atoms. The molecule has 1 aliphatic heterocycles. The molecule has 1 aliphatic rings. The number of rotatable bonds is 9. The van der Waals surface area contributed by atoms with Crippen LogP contribution in [0.1, 0.15) is 54.8 Å². The fraction of sp³-hybridized carbons (Fsp3) is 0.333. The minimum absolute atomic E-state index is 0.0789. The first-order valence-electron chi connectivity index (χ1n) is 15.1. The molecule has 4 heterocycles. The van der Waals surface area contributed by atoms with Crippen LogP contribution in [0.3, 0.4) is 0 Å². The molecule has 5 aromatic rings. The van der Waals surface area contributed by atoms with Gasteiger partial charge < -0.3 is 29.9 Å². The average Bonchev–Trinajstić information content (AvgIpc) is 3.81. The number of aromatic nitrogens is 5. The van der Waals surface area contributed by atoms with Gasteiger partial charge in [0.05, 0.1) is 19.0 Å². The highest BCUT2D eigenvalue weighted by Gasteiger charge is 2.28. The molecule has 0 aliphatic carbocycles. The van der Waals surface area contributed by atoms with Crippen LogP contribution in [0.4, 0.5) is 15.0 Å². The molecule has 2 aromatic carbocycles. The Morgan fingerprint density at radius 3 is 2.60 bits per heavy atom. The third-order valence-corrected chi connectivity index (χ3v) is 8.00. The molecular weight excluding hydrogens is 607 g/mol. The monoisotopic (exact) mass is 642 g/mol. The van der Waals surface area contributed by atoms with E-state index < -0.39 is 23.2 Å². The van der Waals surface area contributed by atoms with Crippen molar-refractivity contribution in [3.8, 4) is 16.9 Å². The summed E-state index contributed by atoms with van der Waals surface area (Å²) in [6, 6.07) is 14.1. The zero-order chi connectivity index (χ0) is 33.3. The van der Waals surface area contributed by atoms with Gasteiger partial charge in [-0.1, -0.05) is 50.2 Å². The summed E-state index contributed by atoms with van der Waals surface area (Å²) in [5.41, 5.74) is 2.70. The number of nitrogens with one attached hydrogen (secondary N) is 2. The average molecular weight is 643 g/mol. The Morgan fingerprint density at radius 2 is 1.94 bits per heavy atom. The molecular formula is C33H35FN8O5. The van der Waals surface area contributed by atoms with Crippen LogP contribution < -0.4 is 15.4 Å². The molecule has 0 radical (unpaired) electrons. The second-order valence-corrected chi connectivity index (χ2v) is 12.4. The van der Waals surface area contributed by atoms with Gasteiger partial charge in [0.1, 0.15) is 11.6 Å². The zero-order valence-corrected chi connectivity index (χ0v) is 26.5. The highest BCUT2D eigenvalue weighted by Crippen LogP contribution is 2.35. The molecule has 244 valence electrons. The maximum atomic E-state index is 15.5. The fourth-order valence-corrected chi connectivity index (χ4v) is 5.43. The van der Waals surface area contributed by atoms with E-state index in [1.54, 1.807) is 36.2 Å². The Balaban J connectivity index is 1.29. The third kappa shape index (κ3) is 6.71. The van der Waals surface area contributed by atoms with Gasteiger partial charge in [0.25, 0.3) is 11.7 Å². The van der Waals surface area contributed by atoms with Crippen LogP contribution in [-0.2, 0) is 18.5 Å². The minimum atomic E-state index is -0.967. The second-order valence-electron chi connectivity index (χ2n) is 12.4. The molecule has 0 bridgehead atoms. The van der Waals surface area contributed by atoms with E-state index in [4.69, 9.17) is 14.4 Å². The summed E-state index contributed by atoms with van der Waals surface area (Å²) in [6.07, 6.45) is 1.30. The maximum Gasteiger partial charge on any atom is 0.407 e. The van der Waals surface area contributed by atoms with E-state index in [0.29, 0.717) is 59.9 Å². The van der Waals surface area contributed by atoms with Crippen LogP contribution >= 0.6 is 0 Å². The number of carbonyl (C=O) groups excluding carboxylic acids is 1. The number of anilines is 1. The van der Waals surface area contributed by atoms with Crippen molar-refractivity contribution in [2.75, 3.05) is 25.5 Å². The molecule has 14 heteroatoms. The molecule has 13 nitrogen and oxygen atoms in total. The molecule has 1 atom stereocenters. The third-order valence-electron chi connectivity index (χ3n) is 8.00. The van der Waals surface area contributed by atoms with E-state index in [1.165, 1.54) is 11.0 Å². The standard InChI is InChI=1S/C33H35FN8O5/c1-33(2,3)31-38-28(40-47-31)30(43)36-16-21-8-7-20(15-25(21)34)24-11-13-35-29-26(24)27(37-22-12-14-41(18-22)32(44)45)39-42(29)17-19-5-9-23(46-4)10-6-19/h5-11,13,15,22H,12,14,16-18H2,1-4H3,(H,36,43)(H,37,39)(H,44,45). The number of benzene rings is 2. The van der Waals surface area contributed by atoms with Crippen molar-refractivity contribution in [2.45, 2.75) is 51.7 Å². The molecule has 6 rings (SSSR count). The number of amides is 2. The van der Waals surface area contributed by atoms with Crippen LogP contribution in [0.15, 0.2) is 59.3 Å². The Hall–Kier alpha value is -5.53. The van der Waals surface area contributed by atoms with E-state index >= 15 is 4.39 Å². The van der Waals surface area contributed by atoms with Crippen molar-refractivity contribution in [1.82, 2.24) is 35.1 Å². The molecule has 1 fully saturated rings. The van der Waals surface area contributed by atoms with E-state index in [1.807, 2.05) is 45.0 Å². The van der Waals surface area contributed by atoms with Crippen molar-refractivity contribution in [3.63, 3.8) is 0 Å². The van der Waals surface area contributed by atoms with Gasteiger partial charge >= 0.3 is 6.09 Å². The number of carboxylic acid groups (broad SMARTS) is 1. The van der Waals surface area contributed by atoms with Gasteiger partial charge in [-0.25, -0.2) is 18.9 Å². The van der Waals surface area contributed by atoms with Gasteiger partial charge in [-0.3, -0.25) is 4.79 Å². The molecule has 1 saturated heterocycles. The Morgan fingerprint density at radius 1 is 1.15 bits per heavy atom. The topological polar surface area (TPSA) is 161 Å². The summed E-state index contributed by atoms with van der Waals surface area (Å²) in [5.74, 6) is 0.392. The number of fused-ring (bicyclic) bond motifs is 1. The Bertz CT molecular complexity index is 1930. The van der Waals surface area contributed by atoms with E-state index in [2.05, 4.69) is 25.8 Å². The molecule has 1 unspecified atom stereocenters. The Labute approximate surface area is 269 Å². The first kappa shape index (κ1) is 31.5. The molecule has 2 amide bonds. The van der Waals surface area contributed by atoms with Gasteiger partial charge in [-0.05, 0) is 47.4 Å². The normalized spacial score (nSPS) is 14.8. The number of pyridine rings is 1. The number of methoxy groups -OCH3 is 1. The predicted molar refractivity (Wildman–Crippen MR) is 171 cm³/mol. The van der Waals surface area contributed by atoms with Gasteiger partial charge in [-0.15, -0.1) is 0 Å². The highest BCUT2D eigenvalue weighted by molar-refractivity contribution is 6.01. The van der Waals surface area contributed by atoms with Gasteiger partial charge in [-0.2, -0.15) is 10.1 Å². The van der Waals surface area contributed by atoms with Crippen LogP contribution in [0, 0.1) is 5.82 Å². The molecule has 0 saturated carbocycles. The Kier molecular flexibility index (Phi) is 8.50. The number of nitrogens with zero attached hydrogens (tertiary/aromatic N) is 6. The summed E-state index contributed by atoms with van der Waals surface area (Å²) in [6.45, 7) is 6.73. The number of hydrogen-bond donors (Lipinski definition) is 3. The van der Waals surface area contributed by atoms with Crippen molar-refractivity contribution in [2.24, 2.45) is 0 Å². The largest absolute Gasteiger partial charge is 0.497 e. The fourth-order valence-electron chi connectivity index (χ4n) is 5.43. The number of halogens is 1. The number of hydrogen-bond acceptors (Lipinski definition) is 9.